The van der Waals surface area contributed by atoms with Crippen molar-refractivity contribution >= 4 is 23.4 Å². The topological polar surface area (TPSA) is 117 Å². The number of amides is 2. The molecule has 2 aromatic heterocycles. The molecule has 0 atom stereocenters. The van der Waals surface area contributed by atoms with E-state index in [4.69, 9.17) is 4.74 Å². The number of hydrogen-bond acceptors (Lipinski definition) is 6. The fourth-order valence-electron chi connectivity index (χ4n) is 3.80. The minimum Gasteiger partial charge on any atom is -0.424 e. The highest BCUT2D eigenvalue weighted by molar-refractivity contribution is 5.89. The van der Waals surface area contributed by atoms with Crippen LogP contribution in [-0.2, 0) is 0 Å². The summed E-state index contributed by atoms with van der Waals surface area (Å²) in [4.78, 5) is 21.1. The Kier molecular flexibility index (Phi) is 6.53. The van der Waals surface area contributed by atoms with Gasteiger partial charge in [0.1, 0.15) is 11.6 Å². The maximum atomic E-state index is 12.3. The van der Waals surface area contributed by atoms with E-state index in [9.17, 15) is 4.79 Å². The molecule has 2 heterocycles. The van der Waals surface area contributed by atoms with Crippen LogP contribution in [0.5, 0.6) is 11.8 Å². The summed E-state index contributed by atoms with van der Waals surface area (Å²) in [5, 5.41) is 16.2. The number of rotatable bonds is 6. The highest BCUT2D eigenvalue weighted by Crippen LogP contribution is 2.27. The van der Waals surface area contributed by atoms with Gasteiger partial charge in [-0.1, -0.05) is 19.3 Å². The second-order valence-corrected chi connectivity index (χ2v) is 8.25. The Labute approximate surface area is 187 Å². The van der Waals surface area contributed by atoms with Crippen molar-refractivity contribution in [3.8, 4) is 11.8 Å². The molecular weight excluding hydrogens is 406 g/mol. The van der Waals surface area contributed by atoms with Gasteiger partial charge in [0.05, 0.1) is 0 Å². The Balaban J connectivity index is 1.40. The van der Waals surface area contributed by atoms with Crippen LogP contribution >= 0.6 is 0 Å². The molecule has 1 fully saturated rings. The van der Waals surface area contributed by atoms with Crippen molar-refractivity contribution in [1.29, 1.82) is 0 Å². The maximum absolute atomic E-state index is 12.3. The van der Waals surface area contributed by atoms with Gasteiger partial charge in [0.25, 0.3) is 0 Å². The van der Waals surface area contributed by atoms with E-state index >= 15 is 0 Å². The van der Waals surface area contributed by atoms with Crippen LogP contribution < -0.4 is 20.7 Å². The minimum absolute atomic E-state index is 0.170. The number of urea groups is 1. The first-order valence-electron chi connectivity index (χ1n) is 11.0. The predicted molar refractivity (Wildman–Crippen MR) is 124 cm³/mol. The number of H-pyrrole nitrogens is 1. The van der Waals surface area contributed by atoms with Crippen LogP contribution in [0.3, 0.4) is 0 Å². The first-order chi connectivity index (χ1) is 15.4. The van der Waals surface area contributed by atoms with Crippen LogP contribution in [0.2, 0.25) is 0 Å². The molecule has 1 aliphatic carbocycles. The van der Waals surface area contributed by atoms with Gasteiger partial charge in [-0.3, -0.25) is 5.10 Å². The van der Waals surface area contributed by atoms with Gasteiger partial charge in [-0.25, -0.2) is 9.78 Å². The zero-order chi connectivity index (χ0) is 22.5. The lowest BCUT2D eigenvalue weighted by Gasteiger charge is -2.23. The Hall–Kier alpha value is -3.62. The number of hydrogen-bond donors (Lipinski definition) is 4. The third kappa shape index (κ3) is 5.75. The maximum Gasteiger partial charge on any atom is 0.324 e. The molecule has 2 amide bonds. The molecule has 0 aliphatic heterocycles. The molecule has 3 aromatic rings. The SMILES string of the molecule is Cc1cc(Nc2cc(C)[nH]n2)nc(Oc2ccc(NC(=O)NC3CCCCC3)cc2C)n1. The number of anilines is 3. The summed E-state index contributed by atoms with van der Waals surface area (Å²) in [6, 6.07) is 9.53. The summed E-state index contributed by atoms with van der Waals surface area (Å²) in [5.41, 5.74) is 3.29. The van der Waals surface area contributed by atoms with Crippen molar-refractivity contribution in [2.45, 2.75) is 58.9 Å². The third-order valence-corrected chi connectivity index (χ3v) is 5.37. The Morgan fingerprint density at radius 1 is 1.03 bits per heavy atom. The average molecular weight is 436 g/mol. The smallest absolute Gasteiger partial charge is 0.324 e. The Bertz CT molecular complexity index is 1090. The molecule has 0 spiro atoms. The van der Waals surface area contributed by atoms with Crippen molar-refractivity contribution in [1.82, 2.24) is 25.5 Å². The molecule has 32 heavy (non-hydrogen) atoms. The van der Waals surface area contributed by atoms with Gasteiger partial charge < -0.3 is 20.7 Å². The molecule has 168 valence electrons. The summed E-state index contributed by atoms with van der Waals surface area (Å²) in [7, 11) is 0. The highest BCUT2D eigenvalue weighted by atomic mass is 16.5. The Morgan fingerprint density at radius 2 is 1.84 bits per heavy atom. The molecular formula is C23H29N7O2. The minimum atomic E-state index is -0.170. The lowest BCUT2D eigenvalue weighted by atomic mass is 9.96. The molecule has 4 N–H and O–H groups in total. The van der Waals surface area contributed by atoms with E-state index in [2.05, 4.69) is 36.1 Å². The average Bonchev–Trinajstić information content (AvgIpc) is 3.15. The van der Waals surface area contributed by atoms with Crippen LogP contribution in [0.15, 0.2) is 30.3 Å². The van der Waals surface area contributed by atoms with Gasteiger partial charge in [-0.2, -0.15) is 10.1 Å². The number of nitrogens with zero attached hydrogens (tertiary/aromatic N) is 3. The number of nitrogens with one attached hydrogen (secondary N) is 4. The zero-order valence-corrected chi connectivity index (χ0v) is 18.7. The molecule has 9 nitrogen and oxygen atoms in total. The standard InChI is InChI=1S/C23H29N7O2/c1-14-11-18(26-22(31)25-17-7-5-4-6-8-17)9-10-19(14)32-23-24-15(2)12-20(28-23)27-21-13-16(3)29-30-21/h9-13,17H,4-8H2,1-3H3,(H2,25,26,31)(H2,24,27,28,29,30). The fraction of sp³-hybridized carbons (Fsp3) is 0.391. The van der Waals surface area contributed by atoms with Gasteiger partial charge in [0.15, 0.2) is 5.82 Å². The number of aromatic amines is 1. The van der Waals surface area contributed by atoms with Gasteiger partial charge in [0, 0.05) is 35.2 Å². The van der Waals surface area contributed by atoms with Gasteiger partial charge in [0.2, 0.25) is 0 Å². The molecule has 9 heteroatoms. The molecule has 0 radical (unpaired) electrons. The van der Waals surface area contributed by atoms with Crippen LogP contribution in [-0.4, -0.2) is 32.2 Å². The van der Waals surface area contributed by atoms with E-state index in [1.807, 2.05) is 45.0 Å². The number of carbonyl (C=O) groups excluding carboxylic acids is 1. The van der Waals surface area contributed by atoms with Crippen LogP contribution in [0.1, 0.15) is 49.1 Å². The van der Waals surface area contributed by atoms with E-state index in [0.717, 1.165) is 29.8 Å². The summed E-state index contributed by atoms with van der Waals surface area (Å²) in [5.74, 6) is 1.88. The second-order valence-electron chi connectivity index (χ2n) is 8.25. The van der Waals surface area contributed by atoms with Crippen molar-refractivity contribution in [3.05, 3.63) is 47.3 Å². The number of aryl methyl sites for hydroxylation is 3. The number of ether oxygens (including phenoxy) is 1. The third-order valence-electron chi connectivity index (χ3n) is 5.37. The molecule has 1 aliphatic rings. The van der Waals surface area contributed by atoms with Crippen molar-refractivity contribution in [2.75, 3.05) is 10.6 Å². The second kappa shape index (κ2) is 9.67. The first-order valence-corrected chi connectivity index (χ1v) is 11.0. The predicted octanol–water partition coefficient (Wildman–Crippen LogP) is 5.12. The number of benzene rings is 1. The molecule has 0 unspecified atom stereocenters. The van der Waals surface area contributed by atoms with Gasteiger partial charge >= 0.3 is 12.0 Å². The van der Waals surface area contributed by atoms with Crippen LogP contribution in [0.4, 0.5) is 22.1 Å². The van der Waals surface area contributed by atoms with Crippen molar-refractivity contribution < 1.29 is 9.53 Å². The summed E-state index contributed by atoms with van der Waals surface area (Å²) >= 11 is 0. The van der Waals surface area contributed by atoms with E-state index in [0.29, 0.717) is 23.1 Å². The lowest BCUT2D eigenvalue weighted by Crippen LogP contribution is -2.39. The fourth-order valence-corrected chi connectivity index (χ4v) is 3.80. The van der Waals surface area contributed by atoms with E-state index in [1.165, 1.54) is 19.3 Å². The number of aromatic nitrogens is 4. The number of carbonyl (C=O) groups is 1. The van der Waals surface area contributed by atoms with Gasteiger partial charge in [-0.15, -0.1) is 0 Å². The van der Waals surface area contributed by atoms with Crippen LogP contribution in [0.25, 0.3) is 0 Å². The molecule has 1 aromatic carbocycles. The highest BCUT2D eigenvalue weighted by Gasteiger charge is 2.16. The summed E-state index contributed by atoms with van der Waals surface area (Å²) in [6.45, 7) is 5.72. The monoisotopic (exact) mass is 435 g/mol. The summed E-state index contributed by atoms with van der Waals surface area (Å²) < 4.78 is 5.94. The van der Waals surface area contributed by atoms with Crippen LogP contribution in [0, 0.1) is 20.8 Å². The molecule has 1 saturated carbocycles. The largest absolute Gasteiger partial charge is 0.424 e. The molecule has 0 saturated heterocycles. The van der Waals surface area contributed by atoms with E-state index < -0.39 is 0 Å². The van der Waals surface area contributed by atoms with Crippen molar-refractivity contribution in [3.63, 3.8) is 0 Å². The van der Waals surface area contributed by atoms with E-state index in [1.54, 1.807) is 6.07 Å². The van der Waals surface area contributed by atoms with Gasteiger partial charge in [-0.05, 0) is 57.4 Å². The first kappa shape index (κ1) is 21.6. The zero-order valence-electron chi connectivity index (χ0n) is 18.7. The molecule has 0 bridgehead atoms. The quantitative estimate of drug-likeness (QED) is 0.427. The van der Waals surface area contributed by atoms with Crippen molar-refractivity contribution in [2.24, 2.45) is 0 Å². The normalized spacial score (nSPS) is 14.1. The molecule has 4 rings (SSSR count). The van der Waals surface area contributed by atoms with E-state index in [-0.39, 0.29) is 18.1 Å². The lowest BCUT2D eigenvalue weighted by molar-refractivity contribution is 0.244. The Morgan fingerprint density at radius 3 is 2.56 bits per heavy atom. The summed E-state index contributed by atoms with van der Waals surface area (Å²) in [6.07, 6.45) is 5.70.